The molecule has 4 heterocycles. The van der Waals surface area contributed by atoms with Crippen LogP contribution in [0.2, 0.25) is 0 Å². The van der Waals surface area contributed by atoms with E-state index in [2.05, 4.69) is 20.9 Å². The first-order valence-corrected chi connectivity index (χ1v) is 8.43. The molecule has 1 aliphatic rings. The Bertz CT molecular complexity index is 836. The number of hydrogen-bond acceptors (Lipinski definition) is 7. The fourth-order valence-corrected chi connectivity index (χ4v) is 3.79. The van der Waals surface area contributed by atoms with Gasteiger partial charge < -0.3 is 14.9 Å². The average molecular weight is 330 g/mol. The van der Waals surface area contributed by atoms with E-state index >= 15 is 0 Å². The molecule has 2 N–H and O–H groups in total. The summed E-state index contributed by atoms with van der Waals surface area (Å²) >= 11 is 1.67. The highest BCUT2D eigenvalue weighted by Crippen LogP contribution is 2.31. The van der Waals surface area contributed by atoms with Gasteiger partial charge in [-0.2, -0.15) is 0 Å². The Balaban J connectivity index is 1.66. The van der Waals surface area contributed by atoms with Crippen molar-refractivity contribution in [3.8, 4) is 11.6 Å². The van der Waals surface area contributed by atoms with Gasteiger partial charge in [-0.05, 0) is 25.1 Å². The number of fused-ring (bicyclic) bond motifs is 1. The van der Waals surface area contributed by atoms with Crippen LogP contribution >= 0.6 is 11.3 Å². The van der Waals surface area contributed by atoms with Crippen molar-refractivity contribution >= 4 is 27.4 Å². The fraction of sp³-hybridized carbons (Fsp3) is 0.375. The van der Waals surface area contributed by atoms with E-state index < -0.39 is 0 Å². The van der Waals surface area contributed by atoms with Crippen molar-refractivity contribution in [2.75, 3.05) is 32.0 Å². The van der Waals surface area contributed by atoms with Crippen LogP contribution in [0, 0.1) is 6.92 Å². The molecule has 0 aliphatic carbocycles. The van der Waals surface area contributed by atoms with Crippen molar-refractivity contribution in [1.29, 1.82) is 0 Å². The molecule has 0 amide bonds. The predicted octanol–water partition coefficient (Wildman–Crippen LogP) is 2.67. The third kappa shape index (κ3) is 2.95. The predicted molar refractivity (Wildman–Crippen MR) is 90.4 cm³/mol. The molecule has 3 aromatic rings. The van der Waals surface area contributed by atoms with Crippen LogP contribution in [0.3, 0.4) is 0 Å². The number of rotatable bonds is 3. The summed E-state index contributed by atoms with van der Waals surface area (Å²) in [6.45, 7) is 6.33. The zero-order chi connectivity index (χ0) is 15.8. The molecule has 23 heavy (non-hydrogen) atoms. The lowest BCUT2D eigenvalue weighted by atomic mass is 10.3. The summed E-state index contributed by atoms with van der Waals surface area (Å²) in [6, 6.07) is 5.87. The average Bonchev–Trinajstić information content (AvgIpc) is 3.14. The largest absolute Gasteiger partial charge is 0.458 e. The Labute approximate surface area is 137 Å². The van der Waals surface area contributed by atoms with Gasteiger partial charge in [-0.25, -0.2) is 9.97 Å². The smallest absolute Gasteiger partial charge is 0.199 e. The molecule has 7 heteroatoms. The van der Waals surface area contributed by atoms with Crippen molar-refractivity contribution in [2.24, 2.45) is 0 Å². The van der Waals surface area contributed by atoms with Gasteiger partial charge in [0.15, 0.2) is 11.6 Å². The Morgan fingerprint density at radius 2 is 2.09 bits per heavy atom. The van der Waals surface area contributed by atoms with Crippen LogP contribution in [0.15, 0.2) is 22.6 Å². The molecule has 120 valence electrons. The Kier molecular flexibility index (Phi) is 3.76. The van der Waals surface area contributed by atoms with E-state index in [1.807, 2.05) is 19.1 Å². The van der Waals surface area contributed by atoms with Crippen LogP contribution < -0.4 is 5.73 Å². The second-order valence-corrected chi connectivity index (χ2v) is 6.78. The molecule has 0 saturated carbocycles. The highest BCUT2D eigenvalue weighted by Gasteiger charge is 2.16. The van der Waals surface area contributed by atoms with E-state index in [4.69, 9.17) is 14.9 Å². The molecule has 0 radical (unpaired) electrons. The fourth-order valence-electron chi connectivity index (χ4n) is 2.72. The maximum atomic E-state index is 6.13. The van der Waals surface area contributed by atoms with Crippen LogP contribution in [0.1, 0.15) is 10.6 Å². The lowest BCUT2D eigenvalue weighted by Crippen LogP contribution is -2.35. The topological polar surface area (TPSA) is 77.4 Å². The number of nitrogens with two attached hydrogens (primary N) is 1. The molecular formula is C16H18N4O2S. The number of hydrogen-bond donors (Lipinski definition) is 1. The summed E-state index contributed by atoms with van der Waals surface area (Å²) in [5.41, 5.74) is 6.13. The molecule has 0 aromatic carbocycles. The van der Waals surface area contributed by atoms with Crippen LogP contribution in [0.25, 0.3) is 21.8 Å². The number of thiophene rings is 1. The third-order valence-corrected chi connectivity index (χ3v) is 4.93. The van der Waals surface area contributed by atoms with Crippen molar-refractivity contribution < 1.29 is 9.15 Å². The maximum absolute atomic E-state index is 6.13. The number of aryl methyl sites for hydroxylation is 1. The van der Waals surface area contributed by atoms with Gasteiger partial charge in [-0.15, -0.1) is 11.3 Å². The summed E-state index contributed by atoms with van der Waals surface area (Å²) in [5, 5.41) is 0.922. The number of furan rings is 1. The maximum Gasteiger partial charge on any atom is 0.199 e. The van der Waals surface area contributed by atoms with E-state index in [-0.39, 0.29) is 0 Å². The molecule has 0 bridgehead atoms. The van der Waals surface area contributed by atoms with E-state index in [0.717, 1.165) is 48.8 Å². The van der Waals surface area contributed by atoms with Crippen LogP contribution in [0.5, 0.6) is 0 Å². The minimum Gasteiger partial charge on any atom is -0.458 e. The van der Waals surface area contributed by atoms with Crippen LogP contribution in [0.4, 0.5) is 5.82 Å². The number of morpholine rings is 1. The quantitative estimate of drug-likeness (QED) is 0.795. The van der Waals surface area contributed by atoms with Gasteiger partial charge in [0.2, 0.25) is 0 Å². The SMILES string of the molecule is Cc1ccc(-c2nc(N)c3cc(CN4CCOCC4)sc3n2)o1. The van der Waals surface area contributed by atoms with Gasteiger partial charge in [-0.1, -0.05) is 0 Å². The monoisotopic (exact) mass is 330 g/mol. The van der Waals surface area contributed by atoms with Gasteiger partial charge in [0, 0.05) is 24.5 Å². The highest BCUT2D eigenvalue weighted by atomic mass is 32.1. The molecule has 6 nitrogen and oxygen atoms in total. The van der Waals surface area contributed by atoms with Gasteiger partial charge >= 0.3 is 0 Å². The molecule has 1 fully saturated rings. The Hall–Kier alpha value is -1.96. The number of nitrogens with zero attached hydrogens (tertiary/aromatic N) is 3. The van der Waals surface area contributed by atoms with Crippen molar-refractivity contribution in [3.05, 3.63) is 28.8 Å². The van der Waals surface area contributed by atoms with Gasteiger partial charge in [0.1, 0.15) is 16.4 Å². The molecule has 0 unspecified atom stereocenters. The van der Waals surface area contributed by atoms with Gasteiger partial charge in [0.05, 0.1) is 18.6 Å². The number of aromatic nitrogens is 2. The van der Waals surface area contributed by atoms with Crippen molar-refractivity contribution in [1.82, 2.24) is 14.9 Å². The third-order valence-electron chi connectivity index (χ3n) is 3.92. The second kappa shape index (κ2) is 5.92. The first-order chi connectivity index (χ1) is 11.2. The molecule has 4 rings (SSSR count). The minimum atomic E-state index is 0.503. The molecule has 1 saturated heterocycles. The summed E-state index contributed by atoms with van der Waals surface area (Å²) in [5.74, 6) is 2.53. The van der Waals surface area contributed by atoms with E-state index in [9.17, 15) is 0 Å². The Morgan fingerprint density at radius 3 is 2.83 bits per heavy atom. The van der Waals surface area contributed by atoms with Crippen LogP contribution in [-0.4, -0.2) is 41.2 Å². The van der Waals surface area contributed by atoms with Crippen LogP contribution in [-0.2, 0) is 11.3 Å². The van der Waals surface area contributed by atoms with Crippen molar-refractivity contribution in [2.45, 2.75) is 13.5 Å². The van der Waals surface area contributed by atoms with E-state index in [1.165, 1.54) is 4.88 Å². The molecular weight excluding hydrogens is 312 g/mol. The molecule has 0 atom stereocenters. The Morgan fingerprint density at radius 1 is 1.26 bits per heavy atom. The summed E-state index contributed by atoms with van der Waals surface area (Å²) < 4.78 is 11.0. The first-order valence-electron chi connectivity index (χ1n) is 7.62. The summed E-state index contributed by atoms with van der Waals surface area (Å²) in [4.78, 5) is 13.6. The zero-order valence-electron chi connectivity index (χ0n) is 12.9. The standard InChI is InChI=1S/C16H18N4O2S/c1-10-2-3-13(22-10)15-18-14(17)12-8-11(23-16(12)19-15)9-20-4-6-21-7-5-20/h2-3,8H,4-7,9H2,1H3,(H2,17,18,19). The summed E-state index contributed by atoms with van der Waals surface area (Å²) in [7, 11) is 0. The van der Waals surface area contributed by atoms with Crippen molar-refractivity contribution in [3.63, 3.8) is 0 Å². The number of ether oxygens (including phenoxy) is 1. The number of anilines is 1. The molecule has 0 spiro atoms. The number of nitrogen functional groups attached to an aromatic ring is 1. The lowest BCUT2D eigenvalue weighted by molar-refractivity contribution is 0.0346. The second-order valence-electron chi connectivity index (χ2n) is 5.66. The van der Waals surface area contributed by atoms with Gasteiger partial charge in [0.25, 0.3) is 0 Å². The molecule has 3 aromatic heterocycles. The van der Waals surface area contributed by atoms with E-state index in [1.54, 1.807) is 11.3 Å². The highest BCUT2D eigenvalue weighted by molar-refractivity contribution is 7.18. The van der Waals surface area contributed by atoms with E-state index in [0.29, 0.717) is 17.4 Å². The van der Waals surface area contributed by atoms with Gasteiger partial charge in [-0.3, -0.25) is 4.90 Å². The first kappa shape index (κ1) is 14.6. The minimum absolute atomic E-state index is 0.503. The molecule has 1 aliphatic heterocycles. The summed E-state index contributed by atoms with van der Waals surface area (Å²) in [6.07, 6.45) is 0. The zero-order valence-corrected chi connectivity index (χ0v) is 13.7. The normalized spacial score (nSPS) is 16.2. The lowest BCUT2D eigenvalue weighted by Gasteiger charge is -2.25.